The second-order valence-electron chi connectivity index (χ2n) is 3.61. The molecule has 0 aromatic heterocycles. The van der Waals surface area contributed by atoms with Crippen LogP contribution in [0, 0.1) is 5.92 Å². The molecule has 0 aliphatic rings. The fraction of sp³-hybridized carbons (Fsp3) is 1.00. The largest absolute Gasteiger partial charge is 0.383 e. The Labute approximate surface area is 83.7 Å². The van der Waals surface area contributed by atoms with E-state index >= 15 is 0 Å². The molecule has 0 spiro atoms. The minimum atomic E-state index is -0.724. The summed E-state index contributed by atoms with van der Waals surface area (Å²) in [5.74, 6) is 1.96. The Hall–Kier alpha value is 0.0700. The molecule has 0 heterocycles. The molecule has 0 aromatic carbocycles. The summed E-state index contributed by atoms with van der Waals surface area (Å²) in [5.41, 5.74) is 0. The van der Waals surface area contributed by atoms with E-state index in [1.54, 1.807) is 7.11 Å². The lowest BCUT2D eigenvalue weighted by atomic mass is 10.3. The van der Waals surface area contributed by atoms with Gasteiger partial charge in [-0.2, -0.15) is 0 Å². The van der Waals surface area contributed by atoms with Crippen LogP contribution in [0.2, 0.25) is 0 Å². The molecular weight excluding hydrogens is 186 g/mol. The van der Waals surface area contributed by atoms with Gasteiger partial charge in [-0.25, -0.2) is 0 Å². The number of nitrogens with one attached hydrogen (secondary N) is 1. The normalized spacial score (nSPS) is 16.1. The molecule has 2 atom stereocenters. The van der Waals surface area contributed by atoms with Crippen LogP contribution >= 0.6 is 0 Å². The Bertz CT molecular complexity index is 151. The number of hydrogen-bond donors (Lipinski definition) is 1. The maximum Gasteiger partial charge on any atom is 0.0624 e. The number of methoxy groups -OCH3 is 1. The van der Waals surface area contributed by atoms with Crippen LogP contribution in [0.25, 0.3) is 0 Å². The first kappa shape index (κ1) is 13.1. The van der Waals surface area contributed by atoms with Crippen molar-refractivity contribution in [1.29, 1.82) is 0 Å². The van der Waals surface area contributed by atoms with E-state index in [0.717, 1.165) is 5.75 Å². The molecule has 0 radical (unpaired) electrons. The van der Waals surface area contributed by atoms with Crippen molar-refractivity contribution in [2.45, 2.75) is 19.9 Å². The molecule has 0 rings (SSSR count). The first-order chi connectivity index (χ1) is 6.10. The molecule has 0 amide bonds. The van der Waals surface area contributed by atoms with Crippen LogP contribution in [0.5, 0.6) is 0 Å². The van der Waals surface area contributed by atoms with Gasteiger partial charge in [-0.05, 0) is 13.0 Å². The first-order valence-electron chi connectivity index (χ1n) is 4.61. The maximum atomic E-state index is 11.5. The van der Waals surface area contributed by atoms with E-state index in [-0.39, 0.29) is 6.04 Å². The van der Waals surface area contributed by atoms with Crippen molar-refractivity contribution in [1.82, 2.24) is 5.32 Å². The van der Waals surface area contributed by atoms with Crippen molar-refractivity contribution in [3.8, 4) is 0 Å². The second-order valence-corrected chi connectivity index (χ2v) is 5.15. The van der Waals surface area contributed by atoms with Crippen LogP contribution in [0.4, 0.5) is 0 Å². The summed E-state index contributed by atoms with van der Waals surface area (Å²) >= 11 is 0. The Kier molecular flexibility index (Phi) is 7.51. The van der Waals surface area contributed by atoms with Gasteiger partial charge in [0.1, 0.15) is 0 Å². The van der Waals surface area contributed by atoms with Crippen molar-refractivity contribution in [2.75, 3.05) is 32.3 Å². The van der Waals surface area contributed by atoms with E-state index in [1.807, 2.05) is 7.05 Å². The van der Waals surface area contributed by atoms with Crippen molar-refractivity contribution >= 4 is 10.8 Å². The summed E-state index contributed by atoms with van der Waals surface area (Å²) in [6, 6.07) is 0.213. The summed E-state index contributed by atoms with van der Waals surface area (Å²) in [4.78, 5) is 0. The molecule has 0 aliphatic heterocycles. The highest BCUT2D eigenvalue weighted by Crippen LogP contribution is 1.98. The van der Waals surface area contributed by atoms with Crippen LogP contribution in [-0.2, 0) is 15.5 Å². The summed E-state index contributed by atoms with van der Waals surface area (Å²) < 4.78 is 16.5. The highest BCUT2D eigenvalue weighted by molar-refractivity contribution is 7.85. The molecule has 0 aromatic rings. The lowest BCUT2D eigenvalue weighted by Gasteiger charge is -2.15. The standard InChI is InChI=1S/C9H21NO2S/c1-8(2)6-13(11)7-9(10-3)5-12-4/h8-10H,5-7H2,1-4H3. The van der Waals surface area contributed by atoms with Crippen molar-refractivity contribution in [2.24, 2.45) is 5.92 Å². The van der Waals surface area contributed by atoms with E-state index in [9.17, 15) is 4.21 Å². The molecule has 0 bridgehead atoms. The fourth-order valence-electron chi connectivity index (χ4n) is 1.08. The maximum absolute atomic E-state index is 11.5. The third kappa shape index (κ3) is 7.16. The average Bonchev–Trinajstić information content (AvgIpc) is 2.02. The van der Waals surface area contributed by atoms with Gasteiger partial charge in [0.15, 0.2) is 0 Å². The average molecular weight is 207 g/mol. The van der Waals surface area contributed by atoms with E-state index in [4.69, 9.17) is 4.74 Å². The van der Waals surface area contributed by atoms with Crippen LogP contribution < -0.4 is 5.32 Å². The minimum absolute atomic E-state index is 0.213. The zero-order valence-corrected chi connectivity index (χ0v) is 9.82. The summed E-state index contributed by atoms with van der Waals surface area (Å²) in [6.45, 7) is 4.80. The van der Waals surface area contributed by atoms with Crippen LogP contribution in [0.1, 0.15) is 13.8 Å². The van der Waals surface area contributed by atoms with E-state index in [0.29, 0.717) is 18.3 Å². The van der Waals surface area contributed by atoms with Gasteiger partial charge in [0.05, 0.1) is 6.61 Å². The molecule has 3 nitrogen and oxygen atoms in total. The molecule has 13 heavy (non-hydrogen) atoms. The van der Waals surface area contributed by atoms with Crippen molar-refractivity contribution < 1.29 is 8.95 Å². The predicted octanol–water partition coefficient (Wildman–Crippen LogP) is 0.625. The summed E-state index contributed by atoms with van der Waals surface area (Å²) in [5, 5.41) is 3.09. The lowest BCUT2D eigenvalue weighted by Crippen LogP contribution is -2.36. The van der Waals surface area contributed by atoms with E-state index in [1.165, 1.54) is 0 Å². The Morgan fingerprint density at radius 1 is 1.38 bits per heavy atom. The van der Waals surface area contributed by atoms with Crippen LogP contribution in [0.15, 0.2) is 0 Å². The number of likely N-dealkylation sites (N-methyl/N-ethyl adjacent to an activating group) is 1. The van der Waals surface area contributed by atoms with Gasteiger partial charge < -0.3 is 10.1 Å². The first-order valence-corrected chi connectivity index (χ1v) is 6.10. The smallest absolute Gasteiger partial charge is 0.0624 e. The van der Waals surface area contributed by atoms with Gasteiger partial charge in [0, 0.05) is 35.5 Å². The van der Waals surface area contributed by atoms with Gasteiger partial charge >= 0.3 is 0 Å². The lowest BCUT2D eigenvalue weighted by molar-refractivity contribution is 0.176. The van der Waals surface area contributed by atoms with Crippen molar-refractivity contribution in [3.05, 3.63) is 0 Å². The van der Waals surface area contributed by atoms with Gasteiger partial charge in [0.25, 0.3) is 0 Å². The minimum Gasteiger partial charge on any atom is -0.383 e. The topological polar surface area (TPSA) is 38.3 Å². The number of rotatable bonds is 7. The quantitative estimate of drug-likeness (QED) is 0.665. The highest BCUT2D eigenvalue weighted by Gasteiger charge is 2.11. The molecular formula is C9H21NO2S. The summed E-state index contributed by atoms with van der Waals surface area (Å²) in [6.07, 6.45) is 0. The molecule has 80 valence electrons. The monoisotopic (exact) mass is 207 g/mol. The zero-order valence-electron chi connectivity index (χ0n) is 9.00. The molecule has 2 unspecified atom stereocenters. The third-order valence-corrected chi connectivity index (χ3v) is 3.50. The zero-order chi connectivity index (χ0) is 10.3. The second kappa shape index (κ2) is 7.47. The van der Waals surface area contributed by atoms with E-state index < -0.39 is 10.8 Å². The molecule has 0 aliphatic carbocycles. The molecule has 1 N–H and O–H groups in total. The fourth-order valence-corrected chi connectivity index (χ4v) is 2.67. The highest BCUT2D eigenvalue weighted by atomic mass is 32.2. The Morgan fingerprint density at radius 2 is 2.00 bits per heavy atom. The van der Waals surface area contributed by atoms with Gasteiger partial charge in [-0.1, -0.05) is 13.8 Å². The molecule has 4 heteroatoms. The van der Waals surface area contributed by atoms with Crippen LogP contribution in [0.3, 0.4) is 0 Å². The Balaban J connectivity index is 3.73. The number of ether oxygens (including phenoxy) is 1. The third-order valence-electron chi connectivity index (χ3n) is 1.68. The van der Waals surface area contributed by atoms with Gasteiger partial charge in [-0.3, -0.25) is 4.21 Å². The molecule has 0 saturated heterocycles. The number of hydrogen-bond acceptors (Lipinski definition) is 3. The predicted molar refractivity (Wildman–Crippen MR) is 57.4 cm³/mol. The molecule has 0 fully saturated rings. The van der Waals surface area contributed by atoms with Gasteiger partial charge in [-0.15, -0.1) is 0 Å². The van der Waals surface area contributed by atoms with E-state index in [2.05, 4.69) is 19.2 Å². The van der Waals surface area contributed by atoms with Crippen molar-refractivity contribution in [3.63, 3.8) is 0 Å². The Morgan fingerprint density at radius 3 is 2.38 bits per heavy atom. The SMILES string of the molecule is CNC(COC)CS(=O)CC(C)C. The van der Waals surface area contributed by atoms with Gasteiger partial charge in [0.2, 0.25) is 0 Å². The molecule has 0 saturated carbocycles. The van der Waals surface area contributed by atoms with Crippen LogP contribution in [-0.4, -0.2) is 42.5 Å². The summed E-state index contributed by atoms with van der Waals surface area (Å²) in [7, 11) is 2.81.